The van der Waals surface area contributed by atoms with Crippen LogP contribution < -0.4 is 0 Å². The van der Waals surface area contributed by atoms with Gasteiger partial charge in [0, 0.05) is 6.21 Å². The Bertz CT molecular complexity index is 179. The highest BCUT2D eigenvalue weighted by atomic mass is 19.1. The minimum atomic E-state index is -1.15. The molecule has 0 aromatic rings. The first-order valence-corrected chi connectivity index (χ1v) is 2.81. The van der Waals surface area contributed by atoms with Gasteiger partial charge >= 0.3 is 0 Å². The van der Waals surface area contributed by atoms with E-state index in [2.05, 4.69) is 4.99 Å². The summed E-state index contributed by atoms with van der Waals surface area (Å²) >= 11 is 0. The van der Waals surface area contributed by atoms with Gasteiger partial charge < -0.3 is 0 Å². The number of hydrogen-bond acceptors (Lipinski definition) is 1. The molecule has 1 unspecified atom stereocenters. The van der Waals surface area contributed by atoms with Gasteiger partial charge in [-0.15, -0.1) is 0 Å². The first kappa shape index (κ1) is 6.20. The minimum Gasteiger partial charge on any atom is -0.253 e. The monoisotopic (exact) mass is 125 g/mol. The van der Waals surface area contributed by atoms with Crippen molar-refractivity contribution < 1.29 is 4.39 Å². The second-order valence-electron chi connectivity index (χ2n) is 1.94. The Balaban J connectivity index is 2.77. The summed E-state index contributed by atoms with van der Waals surface area (Å²) in [4.78, 5) is 3.52. The highest BCUT2D eigenvalue weighted by molar-refractivity contribution is 5.72. The standard InChI is InChI=1S/C7H8FN/c1-6-3-2-4-9-7(8)5-6/h2-5,7H,1H3. The second-order valence-corrected chi connectivity index (χ2v) is 1.94. The summed E-state index contributed by atoms with van der Waals surface area (Å²) in [5.74, 6) is 0. The smallest absolute Gasteiger partial charge is 0.208 e. The number of nitrogens with zero attached hydrogens (tertiary/aromatic N) is 1. The molecule has 1 aliphatic rings. The molecule has 0 spiro atoms. The van der Waals surface area contributed by atoms with E-state index in [0.29, 0.717) is 0 Å². The Hall–Kier alpha value is -0.920. The van der Waals surface area contributed by atoms with Crippen LogP contribution in [0.15, 0.2) is 28.8 Å². The van der Waals surface area contributed by atoms with Gasteiger partial charge in [0.1, 0.15) is 0 Å². The molecule has 9 heavy (non-hydrogen) atoms. The third kappa shape index (κ3) is 1.80. The lowest BCUT2D eigenvalue weighted by atomic mass is 10.3. The summed E-state index contributed by atoms with van der Waals surface area (Å²) in [5, 5.41) is 0. The van der Waals surface area contributed by atoms with E-state index in [0.717, 1.165) is 5.57 Å². The topological polar surface area (TPSA) is 12.4 Å². The van der Waals surface area contributed by atoms with E-state index in [1.165, 1.54) is 12.3 Å². The molecule has 0 N–H and O–H groups in total. The predicted octanol–water partition coefficient (Wildman–Crippen LogP) is 1.87. The van der Waals surface area contributed by atoms with Crippen LogP contribution in [-0.4, -0.2) is 12.5 Å². The van der Waals surface area contributed by atoms with E-state index < -0.39 is 6.30 Å². The van der Waals surface area contributed by atoms with Crippen molar-refractivity contribution in [3.05, 3.63) is 23.8 Å². The molecule has 0 fully saturated rings. The highest BCUT2D eigenvalue weighted by Crippen LogP contribution is 2.04. The molecule has 1 nitrogen and oxygen atoms in total. The van der Waals surface area contributed by atoms with Crippen LogP contribution in [0, 0.1) is 0 Å². The van der Waals surface area contributed by atoms with Crippen molar-refractivity contribution in [1.82, 2.24) is 0 Å². The van der Waals surface area contributed by atoms with Crippen molar-refractivity contribution in [2.75, 3.05) is 0 Å². The van der Waals surface area contributed by atoms with Crippen LogP contribution in [0.4, 0.5) is 4.39 Å². The zero-order chi connectivity index (χ0) is 6.69. The molecule has 0 radical (unpaired) electrons. The average Bonchev–Trinajstić information content (AvgIpc) is 1.93. The van der Waals surface area contributed by atoms with Gasteiger partial charge in [-0.2, -0.15) is 0 Å². The molecule has 1 atom stereocenters. The molecule has 0 aromatic heterocycles. The van der Waals surface area contributed by atoms with Crippen molar-refractivity contribution in [3.8, 4) is 0 Å². The van der Waals surface area contributed by atoms with Crippen LogP contribution in [-0.2, 0) is 0 Å². The number of rotatable bonds is 0. The maximum atomic E-state index is 12.4. The Morgan fingerprint density at radius 1 is 1.67 bits per heavy atom. The SMILES string of the molecule is CC1=CC(F)N=CC=C1. The van der Waals surface area contributed by atoms with E-state index in [4.69, 9.17) is 0 Å². The van der Waals surface area contributed by atoms with Crippen LogP contribution in [0.5, 0.6) is 0 Å². The summed E-state index contributed by atoms with van der Waals surface area (Å²) in [6, 6.07) is 0. The van der Waals surface area contributed by atoms with Crippen molar-refractivity contribution in [2.24, 2.45) is 4.99 Å². The van der Waals surface area contributed by atoms with E-state index in [1.54, 1.807) is 6.08 Å². The highest BCUT2D eigenvalue weighted by Gasteiger charge is 1.97. The molecule has 0 aromatic carbocycles. The number of alkyl halides is 1. The summed E-state index contributed by atoms with van der Waals surface area (Å²) < 4.78 is 12.4. The first-order valence-electron chi connectivity index (χ1n) is 2.81. The van der Waals surface area contributed by atoms with Gasteiger partial charge in [0.2, 0.25) is 6.30 Å². The van der Waals surface area contributed by atoms with Gasteiger partial charge in [-0.3, -0.25) is 4.99 Å². The molecule has 0 saturated heterocycles. The Kier molecular flexibility index (Phi) is 1.78. The molecule has 2 heteroatoms. The Morgan fingerprint density at radius 2 is 2.44 bits per heavy atom. The Morgan fingerprint density at radius 3 is 3.22 bits per heavy atom. The molecule has 48 valence electrons. The average molecular weight is 125 g/mol. The summed E-state index contributed by atoms with van der Waals surface area (Å²) in [7, 11) is 0. The summed E-state index contributed by atoms with van der Waals surface area (Å²) in [5.41, 5.74) is 0.917. The van der Waals surface area contributed by atoms with Gasteiger partial charge in [0.15, 0.2) is 0 Å². The Labute approximate surface area is 53.6 Å². The summed E-state index contributed by atoms with van der Waals surface area (Å²) in [6.07, 6.45) is 5.34. The lowest BCUT2D eigenvalue weighted by molar-refractivity contribution is 0.416. The quantitative estimate of drug-likeness (QED) is 0.438. The largest absolute Gasteiger partial charge is 0.253 e. The third-order valence-corrected chi connectivity index (χ3v) is 1.07. The fourth-order valence-electron chi connectivity index (χ4n) is 0.642. The molecular formula is C7H8FN. The van der Waals surface area contributed by atoms with Crippen LogP contribution in [0.3, 0.4) is 0 Å². The fraction of sp³-hybridized carbons (Fsp3) is 0.286. The zero-order valence-electron chi connectivity index (χ0n) is 5.21. The second kappa shape index (κ2) is 2.58. The van der Waals surface area contributed by atoms with Crippen molar-refractivity contribution in [3.63, 3.8) is 0 Å². The molecule has 0 aliphatic carbocycles. The molecular weight excluding hydrogens is 117 g/mol. The molecule has 0 bridgehead atoms. The van der Waals surface area contributed by atoms with Gasteiger partial charge in [-0.05, 0) is 19.1 Å². The number of allylic oxidation sites excluding steroid dienone is 3. The maximum Gasteiger partial charge on any atom is 0.208 e. The molecule has 1 rings (SSSR count). The number of hydrogen-bond donors (Lipinski definition) is 0. The van der Waals surface area contributed by atoms with E-state index in [-0.39, 0.29) is 0 Å². The third-order valence-electron chi connectivity index (χ3n) is 1.07. The van der Waals surface area contributed by atoms with E-state index in [9.17, 15) is 4.39 Å². The van der Waals surface area contributed by atoms with Crippen LogP contribution >= 0.6 is 0 Å². The summed E-state index contributed by atoms with van der Waals surface area (Å²) in [6.45, 7) is 1.84. The molecule has 0 amide bonds. The van der Waals surface area contributed by atoms with Crippen LogP contribution in [0.25, 0.3) is 0 Å². The fourth-order valence-corrected chi connectivity index (χ4v) is 0.642. The lowest BCUT2D eigenvalue weighted by Crippen LogP contribution is -1.87. The lowest BCUT2D eigenvalue weighted by Gasteiger charge is -1.91. The number of aliphatic imine (C=N–C) groups is 1. The molecule has 1 heterocycles. The van der Waals surface area contributed by atoms with Crippen molar-refractivity contribution >= 4 is 6.21 Å². The minimum absolute atomic E-state index is 0.917. The van der Waals surface area contributed by atoms with Crippen LogP contribution in [0.2, 0.25) is 0 Å². The first-order chi connectivity index (χ1) is 4.29. The maximum absolute atomic E-state index is 12.4. The van der Waals surface area contributed by atoms with Gasteiger partial charge in [0.25, 0.3) is 0 Å². The zero-order valence-corrected chi connectivity index (χ0v) is 5.21. The molecule has 1 aliphatic heterocycles. The van der Waals surface area contributed by atoms with Gasteiger partial charge in [-0.25, -0.2) is 4.39 Å². The van der Waals surface area contributed by atoms with E-state index >= 15 is 0 Å². The normalized spacial score (nSPS) is 25.6. The van der Waals surface area contributed by atoms with E-state index in [1.807, 2.05) is 13.0 Å². The number of halogens is 1. The molecule has 0 saturated carbocycles. The van der Waals surface area contributed by atoms with Gasteiger partial charge in [0.05, 0.1) is 0 Å². The van der Waals surface area contributed by atoms with Crippen LogP contribution in [0.1, 0.15) is 6.92 Å². The van der Waals surface area contributed by atoms with Crippen molar-refractivity contribution in [1.29, 1.82) is 0 Å². The van der Waals surface area contributed by atoms with Gasteiger partial charge in [-0.1, -0.05) is 11.6 Å². The van der Waals surface area contributed by atoms with Crippen molar-refractivity contribution in [2.45, 2.75) is 13.2 Å². The predicted molar refractivity (Wildman–Crippen MR) is 36.3 cm³/mol.